The highest BCUT2D eigenvalue weighted by molar-refractivity contribution is 5.91. The molecule has 0 bridgehead atoms. The molecular weight excluding hydrogens is 266 g/mol. The van der Waals surface area contributed by atoms with Crippen LogP contribution in [0.15, 0.2) is 40.8 Å². The van der Waals surface area contributed by atoms with E-state index in [1.54, 1.807) is 12.1 Å². The minimum atomic E-state index is -0.188. The van der Waals surface area contributed by atoms with Crippen LogP contribution in [0.2, 0.25) is 0 Å². The molecule has 0 spiro atoms. The van der Waals surface area contributed by atoms with Gasteiger partial charge in [-0.2, -0.15) is 0 Å². The number of rotatable bonds is 6. The highest BCUT2D eigenvalue weighted by Crippen LogP contribution is 2.18. The summed E-state index contributed by atoms with van der Waals surface area (Å²) in [6.45, 7) is 6.28. The van der Waals surface area contributed by atoms with Crippen molar-refractivity contribution in [3.8, 4) is 5.75 Å². The molecule has 0 saturated heterocycles. The van der Waals surface area contributed by atoms with Crippen LogP contribution < -0.4 is 10.1 Å². The summed E-state index contributed by atoms with van der Waals surface area (Å²) in [4.78, 5) is 11.9. The van der Waals surface area contributed by atoms with Gasteiger partial charge < -0.3 is 14.5 Å². The molecule has 0 aliphatic heterocycles. The van der Waals surface area contributed by atoms with Crippen molar-refractivity contribution in [1.29, 1.82) is 0 Å². The number of para-hydroxylation sites is 1. The van der Waals surface area contributed by atoms with Gasteiger partial charge in [0.05, 0.1) is 0 Å². The first-order valence-electron chi connectivity index (χ1n) is 7.18. The molecular formula is C17H21NO3. The van der Waals surface area contributed by atoms with Crippen molar-refractivity contribution < 1.29 is 13.9 Å². The van der Waals surface area contributed by atoms with Crippen LogP contribution in [0.4, 0.5) is 0 Å². The maximum atomic E-state index is 11.9. The molecule has 2 rings (SSSR count). The van der Waals surface area contributed by atoms with Crippen LogP contribution in [-0.4, -0.2) is 11.9 Å². The van der Waals surface area contributed by atoms with Gasteiger partial charge in [0.15, 0.2) is 5.76 Å². The van der Waals surface area contributed by atoms with Crippen molar-refractivity contribution in [1.82, 2.24) is 5.32 Å². The normalized spacial score (nSPS) is 12.0. The highest BCUT2D eigenvalue weighted by atomic mass is 16.5. The molecule has 0 saturated carbocycles. The minimum absolute atomic E-state index is 0.134. The summed E-state index contributed by atoms with van der Waals surface area (Å²) in [7, 11) is 0. The van der Waals surface area contributed by atoms with Gasteiger partial charge >= 0.3 is 0 Å². The summed E-state index contributed by atoms with van der Waals surface area (Å²) < 4.78 is 11.2. The number of carbonyl (C=O) groups excluding carboxylic acids is 1. The van der Waals surface area contributed by atoms with E-state index in [1.807, 2.05) is 45.0 Å². The predicted octanol–water partition coefficient (Wildman–Crippen LogP) is 3.70. The number of amides is 1. The molecule has 1 aromatic carbocycles. The summed E-state index contributed by atoms with van der Waals surface area (Å²) in [6.07, 6.45) is 0.885. The monoisotopic (exact) mass is 287 g/mol. The minimum Gasteiger partial charge on any atom is -0.485 e. The first kappa shape index (κ1) is 15.2. The molecule has 0 aliphatic carbocycles. The number of nitrogens with one attached hydrogen (secondary N) is 1. The maximum absolute atomic E-state index is 11.9. The van der Waals surface area contributed by atoms with E-state index in [9.17, 15) is 4.79 Å². The molecule has 1 N–H and O–H groups in total. The van der Waals surface area contributed by atoms with Gasteiger partial charge in [0, 0.05) is 6.04 Å². The van der Waals surface area contributed by atoms with Crippen molar-refractivity contribution in [3.63, 3.8) is 0 Å². The number of hydrogen-bond acceptors (Lipinski definition) is 3. The van der Waals surface area contributed by atoms with Crippen molar-refractivity contribution in [2.45, 2.75) is 39.8 Å². The molecule has 1 heterocycles. The number of ether oxygens (including phenoxy) is 1. The van der Waals surface area contributed by atoms with Gasteiger partial charge in [-0.1, -0.05) is 25.1 Å². The lowest BCUT2D eigenvalue weighted by molar-refractivity contribution is 0.0907. The average Bonchev–Trinajstić information content (AvgIpc) is 2.95. The van der Waals surface area contributed by atoms with Gasteiger partial charge in [0.25, 0.3) is 5.91 Å². The Balaban J connectivity index is 1.94. The summed E-state index contributed by atoms with van der Waals surface area (Å²) in [5.41, 5.74) is 1.07. The second-order valence-electron chi connectivity index (χ2n) is 5.10. The van der Waals surface area contributed by atoms with E-state index < -0.39 is 0 Å². The Morgan fingerprint density at radius 3 is 2.76 bits per heavy atom. The molecule has 0 radical (unpaired) electrons. The van der Waals surface area contributed by atoms with Crippen LogP contribution in [0, 0.1) is 6.92 Å². The lowest BCUT2D eigenvalue weighted by atomic mass is 10.2. The summed E-state index contributed by atoms with van der Waals surface area (Å²) in [6, 6.07) is 11.4. The van der Waals surface area contributed by atoms with Gasteiger partial charge in [-0.15, -0.1) is 0 Å². The van der Waals surface area contributed by atoms with E-state index in [1.165, 1.54) is 0 Å². The van der Waals surface area contributed by atoms with E-state index in [0.29, 0.717) is 18.1 Å². The van der Waals surface area contributed by atoms with E-state index >= 15 is 0 Å². The lowest BCUT2D eigenvalue weighted by Gasteiger charge is -2.09. The second-order valence-corrected chi connectivity index (χ2v) is 5.10. The quantitative estimate of drug-likeness (QED) is 0.881. The Bertz CT molecular complexity index is 604. The zero-order valence-electron chi connectivity index (χ0n) is 12.7. The number of benzene rings is 1. The number of furan rings is 1. The SMILES string of the molecule is CCC(C)NC(=O)c1ccc(COc2ccccc2C)o1. The van der Waals surface area contributed by atoms with Gasteiger partial charge in [-0.3, -0.25) is 4.79 Å². The average molecular weight is 287 g/mol. The summed E-state index contributed by atoms with van der Waals surface area (Å²) in [5.74, 6) is 1.58. The third-order valence-corrected chi connectivity index (χ3v) is 3.34. The Kier molecular flexibility index (Phi) is 5.04. The summed E-state index contributed by atoms with van der Waals surface area (Å²) in [5, 5.41) is 2.87. The molecule has 112 valence electrons. The molecule has 1 aromatic heterocycles. The standard InChI is InChI=1S/C17H21NO3/c1-4-13(3)18-17(19)16-10-9-14(21-16)11-20-15-8-6-5-7-12(15)2/h5-10,13H,4,11H2,1-3H3,(H,18,19). The van der Waals surface area contributed by atoms with Gasteiger partial charge in [-0.05, 0) is 44.0 Å². The molecule has 4 nitrogen and oxygen atoms in total. The van der Waals surface area contributed by atoms with E-state index in [2.05, 4.69) is 5.32 Å². The number of carbonyl (C=O) groups is 1. The molecule has 21 heavy (non-hydrogen) atoms. The largest absolute Gasteiger partial charge is 0.485 e. The Hall–Kier alpha value is -2.23. The fraction of sp³-hybridized carbons (Fsp3) is 0.353. The topological polar surface area (TPSA) is 51.5 Å². The van der Waals surface area contributed by atoms with Crippen LogP contribution >= 0.6 is 0 Å². The van der Waals surface area contributed by atoms with Crippen molar-refractivity contribution in [2.75, 3.05) is 0 Å². The van der Waals surface area contributed by atoms with Crippen LogP contribution in [0.5, 0.6) is 5.75 Å². The Morgan fingerprint density at radius 1 is 1.29 bits per heavy atom. The first-order valence-corrected chi connectivity index (χ1v) is 7.18. The van der Waals surface area contributed by atoms with Gasteiger partial charge in [0.2, 0.25) is 0 Å². The van der Waals surface area contributed by atoms with E-state index in [0.717, 1.165) is 17.7 Å². The zero-order chi connectivity index (χ0) is 15.2. The van der Waals surface area contributed by atoms with E-state index in [4.69, 9.17) is 9.15 Å². The maximum Gasteiger partial charge on any atom is 0.287 e. The smallest absolute Gasteiger partial charge is 0.287 e. The highest BCUT2D eigenvalue weighted by Gasteiger charge is 2.13. The van der Waals surface area contributed by atoms with Crippen molar-refractivity contribution >= 4 is 5.91 Å². The molecule has 4 heteroatoms. The van der Waals surface area contributed by atoms with Crippen LogP contribution in [0.25, 0.3) is 0 Å². The molecule has 0 aliphatic rings. The fourth-order valence-corrected chi connectivity index (χ4v) is 1.84. The van der Waals surface area contributed by atoms with Crippen LogP contribution in [0.3, 0.4) is 0 Å². The van der Waals surface area contributed by atoms with Crippen LogP contribution in [-0.2, 0) is 6.61 Å². The predicted molar refractivity (Wildman–Crippen MR) is 81.4 cm³/mol. The third-order valence-electron chi connectivity index (χ3n) is 3.34. The molecule has 2 aromatic rings. The number of hydrogen-bond donors (Lipinski definition) is 1. The summed E-state index contributed by atoms with van der Waals surface area (Å²) >= 11 is 0. The molecule has 1 unspecified atom stereocenters. The Morgan fingerprint density at radius 2 is 2.05 bits per heavy atom. The third kappa shape index (κ3) is 4.12. The molecule has 0 fully saturated rings. The van der Waals surface area contributed by atoms with Crippen molar-refractivity contribution in [3.05, 3.63) is 53.5 Å². The van der Waals surface area contributed by atoms with Crippen LogP contribution in [0.1, 0.15) is 42.1 Å². The van der Waals surface area contributed by atoms with E-state index in [-0.39, 0.29) is 11.9 Å². The fourth-order valence-electron chi connectivity index (χ4n) is 1.84. The lowest BCUT2D eigenvalue weighted by Crippen LogP contribution is -2.31. The van der Waals surface area contributed by atoms with Gasteiger partial charge in [0.1, 0.15) is 18.1 Å². The van der Waals surface area contributed by atoms with Crippen molar-refractivity contribution in [2.24, 2.45) is 0 Å². The molecule has 1 amide bonds. The second kappa shape index (κ2) is 6.97. The zero-order valence-corrected chi connectivity index (χ0v) is 12.7. The molecule has 1 atom stereocenters. The van der Waals surface area contributed by atoms with Gasteiger partial charge in [-0.25, -0.2) is 0 Å². The first-order chi connectivity index (χ1) is 10.1. The number of aryl methyl sites for hydroxylation is 1. The Labute approximate surface area is 125 Å².